The molecule has 1 N–H and O–H groups in total. The van der Waals surface area contributed by atoms with Gasteiger partial charge in [-0.1, -0.05) is 20.8 Å². The van der Waals surface area contributed by atoms with E-state index in [2.05, 4.69) is 55.0 Å². The lowest BCUT2D eigenvalue weighted by atomic mass is 9.96. The third kappa shape index (κ3) is 3.56. The molecule has 5 heteroatoms. The van der Waals surface area contributed by atoms with E-state index in [-0.39, 0.29) is 5.41 Å². The van der Waals surface area contributed by atoms with E-state index < -0.39 is 0 Å². The molecule has 2 aromatic heterocycles. The van der Waals surface area contributed by atoms with Crippen LogP contribution >= 0.6 is 0 Å². The maximum absolute atomic E-state index is 4.45. The maximum Gasteiger partial charge on any atom is 0.148 e. The smallest absolute Gasteiger partial charge is 0.148 e. The molecule has 0 unspecified atom stereocenters. The van der Waals surface area contributed by atoms with Gasteiger partial charge in [-0.15, -0.1) is 0 Å². The Balaban J connectivity index is 1.97. The second kappa shape index (κ2) is 5.61. The predicted molar refractivity (Wildman–Crippen MR) is 80.7 cm³/mol. The fourth-order valence-corrected chi connectivity index (χ4v) is 1.75. The average Bonchev–Trinajstić information content (AvgIpc) is 2.85. The molecule has 2 rings (SSSR count). The van der Waals surface area contributed by atoms with Crippen LogP contribution in [0.2, 0.25) is 0 Å². The Kier molecular flexibility index (Phi) is 4.06. The van der Waals surface area contributed by atoms with E-state index in [0.717, 1.165) is 17.2 Å². The fourth-order valence-electron chi connectivity index (χ4n) is 1.75. The molecule has 0 aliphatic rings. The lowest BCUT2D eigenvalue weighted by molar-refractivity contribution is 0.533. The molecule has 0 fully saturated rings. The van der Waals surface area contributed by atoms with Crippen molar-refractivity contribution in [2.24, 2.45) is 0 Å². The van der Waals surface area contributed by atoms with Gasteiger partial charge in [-0.05, 0) is 13.8 Å². The van der Waals surface area contributed by atoms with Crippen LogP contribution < -0.4 is 5.32 Å². The summed E-state index contributed by atoms with van der Waals surface area (Å²) >= 11 is 0. The highest BCUT2D eigenvalue weighted by Gasteiger charge is 2.16. The Morgan fingerprint density at radius 2 is 1.85 bits per heavy atom. The first-order valence-corrected chi connectivity index (χ1v) is 6.96. The van der Waals surface area contributed by atoms with Crippen LogP contribution in [-0.2, 0) is 12.0 Å². The summed E-state index contributed by atoms with van der Waals surface area (Å²) in [7, 11) is 0. The third-order valence-corrected chi connectivity index (χ3v) is 2.99. The Labute approximate surface area is 120 Å². The molecule has 0 atom stereocenters. The monoisotopic (exact) mass is 273 g/mol. The highest BCUT2D eigenvalue weighted by atomic mass is 15.3. The van der Waals surface area contributed by atoms with Crippen molar-refractivity contribution in [1.29, 1.82) is 0 Å². The third-order valence-electron chi connectivity index (χ3n) is 2.99. The van der Waals surface area contributed by atoms with Crippen LogP contribution in [0.4, 0.5) is 5.82 Å². The highest BCUT2D eigenvalue weighted by molar-refractivity contribution is 5.33. The minimum atomic E-state index is -0.0119. The van der Waals surface area contributed by atoms with Crippen molar-refractivity contribution in [3.05, 3.63) is 36.0 Å². The van der Waals surface area contributed by atoms with Crippen LogP contribution in [0, 0.1) is 0 Å². The highest BCUT2D eigenvalue weighted by Crippen LogP contribution is 2.17. The Morgan fingerprint density at radius 1 is 1.20 bits per heavy atom. The van der Waals surface area contributed by atoms with Crippen molar-refractivity contribution >= 4 is 5.82 Å². The van der Waals surface area contributed by atoms with Gasteiger partial charge in [0.2, 0.25) is 0 Å². The zero-order valence-electron chi connectivity index (χ0n) is 12.9. The SMILES string of the molecule is CC(C)n1ccc(NCc2cnc(C(C)(C)C)nc2)n1. The number of nitrogens with zero attached hydrogens (tertiary/aromatic N) is 4. The Morgan fingerprint density at radius 3 is 2.35 bits per heavy atom. The van der Waals surface area contributed by atoms with Gasteiger partial charge in [0.1, 0.15) is 11.6 Å². The number of hydrogen-bond donors (Lipinski definition) is 1. The molecule has 0 spiro atoms. The van der Waals surface area contributed by atoms with E-state index in [0.29, 0.717) is 12.6 Å². The van der Waals surface area contributed by atoms with Crippen molar-refractivity contribution < 1.29 is 0 Å². The Hall–Kier alpha value is -1.91. The van der Waals surface area contributed by atoms with Gasteiger partial charge in [-0.3, -0.25) is 4.68 Å². The summed E-state index contributed by atoms with van der Waals surface area (Å²) in [6, 6.07) is 2.35. The standard InChI is InChI=1S/C15H23N5/c1-11(2)20-7-6-13(19-20)16-8-12-9-17-14(18-10-12)15(3,4)5/h6-7,9-11H,8H2,1-5H3,(H,16,19). The molecule has 0 aliphatic heterocycles. The van der Waals surface area contributed by atoms with Crippen LogP contribution in [0.25, 0.3) is 0 Å². The average molecular weight is 273 g/mol. The van der Waals surface area contributed by atoms with E-state index in [1.807, 2.05) is 29.3 Å². The van der Waals surface area contributed by atoms with Crippen LogP contribution in [0.1, 0.15) is 52.0 Å². The van der Waals surface area contributed by atoms with Crippen molar-refractivity contribution in [3.63, 3.8) is 0 Å². The largest absolute Gasteiger partial charge is 0.364 e. The first kappa shape index (κ1) is 14.5. The van der Waals surface area contributed by atoms with Crippen molar-refractivity contribution in [2.45, 2.75) is 52.6 Å². The number of rotatable bonds is 4. The molecular formula is C15H23N5. The number of hydrogen-bond acceptors (Lipinski definition) is 4. The molecule has 20 heavy (non-hydrogen) atoms. The molecule has 0 radical (unpaired) electrons. The normalized spacial score (nSPS) is 11.9. The van der Waals surface area contributed by atoms with Gasteiger partial charge < -0.3 is 5.32 Å². The van der Waals surface area contributed by atoms with Crippen LogP contribution in [-0.4, -0.2) is 19.7 Å². The van der Waals surface area contributed by atoms with E-state index >= 15 is 0 Å². The zero-order valence-corrected chi connectivity index (χ0v) is 12.9. The number of aromatic nitrogens is 4. The summed E-state index contributed by atoms with van der Waals surface area (Å²) < 4.78 is 1.93. The van der Waals surface area contributed by atoms with Crippen LogP contribution in [0.3, 0.4) is 0 Å². The molecule has 0 amide bonds. The van der Waals surface area contributed by atoms with Crippen molar-refractivity contribution in [2.75, 3.05) is 5.32 Å². The molecule has 2 aromatic rings. The first-order valence-electron chi connectivity index (χ1n) is 6.96. The summed E-state index contributed by atoms with van der Waals surface area (Å²) in [4.78, 5) is 8.84. The molecule has 0 saturated heterocycles. The summed E-state index contributed by atoms with van der Waals surface area (Å²) in [6.45, 7) is 11.2. The molecule has 0 saturated carbocycles. The molecular weight excluding hydrogens is 250 g/mol. The Bertz CT molecular complexity index is 548. The molecule has 5 nitrogen and oxygen atoms in total. The second-order valence-corrected chi connectivity index (χ2v) is 6.29. The number of anilines is 1. The van der Waals surface area contributed by atoms with Gasteiger partial charge in [-0.2, -0.15) is 5.10 Å². The quantitative estimate of drug-likeness (QED) is 0.929. The van der Waals surface area contributed by atoms with E-state index in [1.54, 1.807) is 0 Å². The van der Waals surface area contributed by atoms with Gasteiger partial charge in [0.15, 0.2) is 0 Å². The molecule has 2 heterocycles. The predicted octanol–water partition coefficient (Wildman–Crippen LogP) is 3.16. The summed E-state index contributed by atoms with van der Waals surface area (Å²) in [5.41, 5.74) is 1.04. The zero-order chi connectivity index (χ0) is 14.8. The molecule has 0 aromatic carbocycles. The van der Waals surface area contributed by atoms with E-state index in [9.17, 15) is 0 Å². The topological polar surface area (TPSA) is 55.6 Å². The first-order chi connectivity index (χ1) is 9.36. The molecule has 0 bridgehead atoms. The minimum Gasteiger partial charge on any atom is -0.364 e. The summed E-state index contributed by atoms with van der Waals surface area (Å²) in [5, 5.41) is 7.73. The van der Waals surface area contributed by atoms with Gasteiger partial charge >= 0.3 is 0 Å². The van der Waals surface area contributed by atoms with E-state index in [1.165, 1.54) is 0 Å². The summed E-state index contributed by atoms with van der Waals surface area (Å²) in [6.07, 6.45) is 5.73. The minimum absolute atomic E-state index is 0.0119. The van der Waals surface area contributed by atoms with Gasteiger partial charge in [-0.25, -0.2) is 9.97 Å². The summed E-state index contributed by atoms with van der Waals surface area (Å²) in [5.74, 6) is 1.74. The van der Waals surface area contributed by atoms with Crippen LogP contribution in [0.15, 0.2) is 24.7 Å². The van der Waals surface area contributed by atoms with Crippen molar-refractivity contribution in [3.8, 4) is 0 Å². The van der Waals surface area contributed by atoms with Gasteiger partial charge in [0, 0.05) is 48.2 Å². The number of nitrogens with one attached hydrogen (secondary N) is 1. The van der Waals surface area contributed by atoms with Crippen molar-refractivity contribution in [1.82, 2.24) is 19.7 Å². The van der Waals surface area contributed by atoms with E-state index in [4.69, 9.17) is 0 Å². The molecule has 108 valence electrons. The van der Waals surface area contributed by atoms with Gasteiger partial charge in [0.25, 0.3) is 0 Å². The molecule has 0 aliphatic carbocycles. The lowest BCUT2D eigenvalue weighted by Gasteiger charge is -2.16. The van der Waals surface area contributed by atoms with Gasteiger partial charge in [0.05, 0.1) is 0 Å². The second-order valence-electron chi connectivity index (χ2n) is 6.29. The fraction of sp³-hybridized carbons (Fsp3) is 0.533. The van der Waals surface area contributed by atoms with Crippen LogP contribution in [0.5, 0.6) is 0 Å². The maximum atomic E-state index is 4.45. The lowest BCUT2D eigenvalue weighted by Crippen LogP contribution is -2.16.